The molecule has 0 radical (unpaired) electrons. The maximum absolute atomic E-state index is 5.54. The number of halogens is 2. The quantitative estimate of drug-likeness (QED) is 0.457. The van der Waals surface area contributed by atoms with Gasteiger partial charge in [0.1, 0.15) is 0 Å². The van der Waals surface area contributed by atoms with Crippen molar-refractivity contribution in [2.45, 2.75) is 9.06 Å². The van der Waals surface area contributed by atoms with Crippen molar-refractivity contribution >= 4 is 35.0 Å². The Morgan fingerprint density at radius 1 is 1.09 bits per heavy atom. The Kier molecular flexibility index (Phi) is 6.75. The van der Waals surface area contributed by atoms with Crippen LogP contribution in [0, 0.1) is 0 Å². The van der Waals surface area contributed by atoms with Crippen molar-refractivity contribution in [2.75, 3.05) is 0 Å². The van der Waals surface area contributed by atoms with Gasteiger partial charge in [-0.2, -0.15) is 0 Å². The number of rotatable bonds is 2. The Balaban J connectivity index is 0.000001000. The Morgan fingerprint density at radius 2 is 1.64 bits per heavy atom. The summed E-state index contributed by atoms with van der Waals surface area (Å²) in [4.78, 5) is 1.09. The van der Waals surface area contributed by atoms with Crippen LogP contribution in [0.25, 0.3) is 0 Å². The number of thioether (sulfide) groups is 1. The molecule has 0 bridgehead atoms. The number of hydrogen-bond acceptors (Lipinski definition) is 1. The van der Waals surface area contributed by atoms with Crippen molar-refractivity contribution in [3.63, 3.8) is 0 Å². The van der Waals surface area contributed by atoms with Crippen LogP contribution >= 0.6 is 35.0 Å². The largest absolute Gasteiger partial charge is 0.157 e. The molecule has 0 aromatic heterocycles. The second kappa shape index (κ2) is 6.31. The second-order valence-corrected chi connectivity index (χ2v) is 4.48. The smallest absolute Gasteiger partial charge is 0.0928 e. The van der Waals surface area contributed by atoms with Crippen LogP contribution in [-0.4, -0.2) is 4.17 Å². The molecular formula is C7H6Cl2RuS. The molecule has 0 saturated heterocycles. The van der Waals surface area contributed by atoms with E-state index >= 15 is 0 Å². The fourth-order valence-electron chi connectivity index (χ4n) is 0.602. The van der Waals surface area contributed by atoms with Crippen LogP contribution in [0.3, 0.4) is 0 Å². The minimum Gasteiger partial charge on any atom is -0.0928 e. The third-order valence-electron chi connectivity index (χ3n) is 0.968. The second-order valence-electron chi connectivity index (χ2n) is 1.69. The normalized spacial score (nSPS) is 9.36. The average molecular weight is 294 g/mol. The predicted molar refractivity (Wildman–Crippen MR) is 47.8 cm³/mol. The number of alkyl halides is 2. The van der Waals surface area contributed by atoms with Crippen molar-refractivity contribution in [2.24, 2.45) is 0 Å². The summed E-state index contributed by atoms with van der Waals surface area (Å²) in [5.41, 5.74) is 0. The van der Waals surface area contributed by atoms with E-state index in [1.165, 1.54) is 11.8 Å². The molecule has 0 N–H and O–H groups in total. The monoisotopic (exact) mass is 294 g/mol. The van der Waals surface area contributed by atoms with Crippen LogP contribution in [0.15, 0.2) is 35.2 Å². The van der Waals surface area contributed by atoms with Crippen molar-refractivity contribution < 1.29 is 19.5 Å². The molecule has 0 heterocycles. The summed E-state index contributed by atoms with van der Waals surface area (Å²) in [6.45, 7) is 0. The molecule has 0 atom stereocenters. The fourth-order valence-corrected chi connectivity index (χ4v) is 1.74. The zero-order chi connectivity index (χ0) is 7.40. The van der Waals surface area contributed by atoms with Crippen LogP contribution in [0.1, 0.15) is 0 Å². The van der Waals surface area contributed by atoms with E-state index in [9.17, 15) is 0 Å². The van der Waals surface area contributed by atoms with Gasteiger partial charge in [-0.25, -0.2) is 0 Å². The Labute approximate surface area is 93.4 Å². The fraction of sp³-hybridized carbons (Fsp3) is 0.143. The average Bonchev–Trinajstić information content (AvgIpc) is 1.88. The molecule has 0 unspecified atom stereocenters. The van der Waals surface area contributed by atoms with E-state index in [2.05, 4.69) is 0 Å². The van der Waals surface area contributed by atoms with Crippen molar-refractivity contribution in [3.05, 3.63) is 30.3 Å². The van der Waals surface area contributed by atoms with E-state index in [1.807, 2.05) is 30.3 Å². The van der Waals surface area contributed by atoms with Crippen molar-refractivity contribution in [1.82, 2.24) is 0 Å². The molecule has 0 amide bonds. The first-order valence-corrected chi connectivity index (χ1v) is 4.54. The molecule has 0 aliphatic heterocycles. The van der Waals surface area contributed by atoms with Gasteiger partial charge in [0.15, 0.2) is 4.17 Å². The summed E-state index contributed by atoms with van der Waals surface area (Å²) < 4.78 is -0.373. The maximum Gasteiger partial charge on any atom is 0.157 e. The molecule has 11 heavy (non-hydrogen) atoms. The molecule has 4 heteroatoms. The summed E-state index contributed by atoms with van der Waals surface area (Å²) in [5.74, 6) is 0. The third kappa shape index (κ3) is 5.08. The summed E-state index contributed by atoms with van der Waals surface area (Å²) >= 11 is 12.5. The topological polar surface area (TPSA) is 0 Å². The van der Waals surface area contributed by atoms with Crippen molar-refractivity contribution in [1.29, 1.82) is 0 Å². The predicted octanol–water partition coefficient (Wildman–Crippen LogP) is 3.54. The Morgan fingerprint density at radius 3 is 2.09 bits per heavy atom. The van der Waals surface area contributed by atoms with Crippen LogP contribution in [-0.2, 0) is 19.5 Å². The van der Waals surface area contributed by atoms with Gasteiger partial charge in [0.2, 0.25) is 0 Å². The van der Waals surface area contributed by atoms with Crippen molar-refractivity contribution in [3.8, 4) is 0 Å². The molecule has 0 saturated carbocycles. The summed E-state index contributed by atoms with van der Waals surface area (Å²) in [6.07, 6.45) is 0. The Bertz CT molecular complexity index is 191. The van der Waals surface area contributed by atoms with Gasteiger partial charge in [-0.05, 0) is 12.1 Å². The Hall–Kier alpha value is 0.773. The van der Waals surface area contributed by atoms with E-state index in [0.29, 0.717) is 0 Å². The van der Waals surface area contributed by atoms with E-state index in [-0.39, 0.29) is 23.6 Å². The molecule has 1 rings (SSSR count). The number of benzene rings is 1. The van der Waals surface area contributed by atoms with Gasteiger partial charge in [-0.3, -0.25) is 0 Å². The van der Waals surface area contributed by atoms with E-state index in [0.717, 1.165) is 4.90 Å². The molecule has 0 nitrogen and oxygen atoms in total. The zero-order valence-corrected chi connectivity index (χ0v) is 9.55. The van der Waals surface area contributed by atoms with Gasteiger partial charge in [0, 0.05) is 24.4 Å². The van der Waals surface area contributed by atoms with E-state index in [4.69, 9.17) is 23.2 Å². The molecular weight excluding hydrogens is 288 g/mol. The molecule has 0 aliphatic carbocycles. The molecule has 0 spiro atoms. The minimum atomic E-state index is -0.373. The summed E-state index contributed by atoms with van der Waals surface area (Å²) in [7, 11) is 0. The van der Waals surface area contributed by atoms with Gasteiger partial charge in [-0.1, -0.05) is 53.2 Å². The molecule has 62 valence electrons. The van der Waals surface area contributed by atoms with Gasteiger partial charge >= 0.3 is 0 Å². The summed E-state index contributed by atoms with van der Waals surface area (Å²) in [5, 5.41) is 0. The number of hydrogen-bond donors (Lipinski definition) is 0. The van der Waals surface area contributed by atoms with Crippen LogP contribution in [0.4, 0.5) is 0 Å². The van der Waals surface area contributed by atoms with Gasteiger partial charge in [0.05, 0.1) is 0 Å². The minimum absolute atomic E-state index is 0. The van der Waals surface area contributed by atoms with Gasteiger partial charge < -0.3 is 0 Å². The third-order valence-corrected chi connectivity index (χ3v) is 2.23. The molecule has 1 aromatic rings. The van der Waals surface area contributed by atoms with Crippen LogP contribution in [0.2, 0.25) is 0 Å². The van der Waals surface area contributed by atoms with Crippen LogP contribution in [0.5, 0.6) is 0 Å². The first kappa shape index (κ1) is 11.8. The SMILES string of the molecule is ClC(Cl)Sc1ccccc1.[Ru]. The molecule has 0 aliphatic rings. The van der Waals surface area contributed by atoms with E-state index < -0.39 is 0 Å². The summed E-state index contributed by atoms with van der Waals surface area (Å²) in [6, 6.07) is 9.82. The maximum atomic E-state index is 5.54. The first-order valence-electron chi connectivity index (χ1n) is 2.79. The van der Waals surface area contributed by atoms with Gasteiger partial charge in [-0.15, -0.1) is 0 Å². The molecule has 1 aromatic carbocycles. The molecule has 0 fully saturated rings. The van der Waals surface area contributed by atoms with Crippen LogP contribution < -0.4 is 0 Å². The first-order chi connectivity index (χ1) is 4.79. The van der Waals surface area contributed by atoms with E-state index in [1.54, 1.807) is 0 Å². The standard InChI is InChI=1S/C7H6Cl2S.Ru/c8-7(9)10-6-4-2-1-3-5-6;/h1-5,7H;. The zero-order valence-electron chi connectivity index (χ0n) is 5.48. The van der Waals surface area contributed by atoms with Gasteiger partial charge in [0.25, 0.3) is 0 Å².